The third kappa shape index (κ3) is 3.76. The standard InChI is InChI=1S/C12H24N2O2/c1-9(2)7-10(13)11(15)14-6-4-5-12(3,16)8-14/h9-10,16H,4-8,13H2,1-3H3. The van der Waals surface area contributed by atoms with Gasteiger partial charge >= 0.3 is 0 Å². The highest BCUT2D eigenvalue weighted by Gasteiger charge is 2.32. The number of rotatable bonds is 3. The van der Waals surface area contributed by atoms with Crippen LogP contribution in [0.5, 0.6) is 0 Å². The number of amides is 1. The Bertz CT molecular complexity index is 251. The molecule has 94 valence electrons. The van der Waals surface area contributed by atoms with Crippen molar-refractivity contribution in [2.45, 2.75) is 51.7 Å². The predicted octanol–water partition coefficient (Wildman–Crippen LogP) is 0.733. The minimum Gasteiger partial charge on any atom is -0.388 e. The van der Waals surface area contributed by atoms with Crippen LogP contribution in [0.4, 0.5) is 0 Å². The Morgan fingerprint density at radius 1 is 1.56 bits per heavy atom. The van der Waals surface area contributed by atoms with E-state index < -0.39 is 11.6 Å². The molecule has 2 unspecified atom stereocenters. The van der Waals surface area contributed by atoms with E-state index in [-0.39, 0.29) is 5.91 Å². The lowest BCUT2D eigenvalue weighted by Gasteiger charge is -2.38. The summed E-state index contributed by atoms with van der Waals surface area (Å²) in [6.07, 6.45) is 2.32. The Kier molecular flexibility index (Phi) is 4.33. The molecule has 1 aliphatic rings. The second-order valence-corrected chi connectivity index (χ2v) is 5.60. The molecule has 1 aliphatic heterocycles. The van der Waals surface area contributed by atoms with Gasteiger partial charge in [0.05, 0.1) is 11.6 Å². The highest BCUT2D eigenvalue weighted by molar-refractivity contribution is 5.81. The Labute approximate surface area is 97.8 Å². The van der Waals surface area contributed by atoms with Gasteiger partial charge in [-0.1, -0.05) is 13.8 Å². The number of likely N-dealkylation sites (tertiary alicyclic amines) is 1. The summed E-state index contributed by atoms with van der Waals surface area (Å²) in [5, 5.41) is 9.92. The van der Waals surface area contributed by atoms with E-state index in [0.717, 1.165) is 19.4 Å². The number of carbonyl (C=O) groups is 1. The summed E-state index contributed by atoms with van der Waals surface area (Å²) in [6, 6.07) is -0.422. The Morgan fingerprint density at radius 3 is 2.69 bits per heavy atom. The molecule has 0 aliphatic carbocycles. The number of nitrogens with zero attached hydrogens (tertiary/aromatic N) is 1. The molecular weight excluding hydrogens is 204 g/mol. The maximum atomic E-state index is 12.0. The summed E-state index contributed by atoms with van der Waals surface area (Å²) in [6.45, 7) is 7.03. The second-order valence-electron chi connectivity index (χ2n) is 5.60. The van der Waals surface area contributed by atoms with Crippen LogP contribution >= 0.6 is 0 Å². The molecule has 4 nitrogen and oxygen atoms in total. The van der Waals surface area contributed by atoms with E-state index in [1.807, 2.05) is 0 Å². The van der Waals surface area contributed by atoms with Crippen molar-refractivity contribution in [3.63, 3.8) is 0 Å². The van der Waals surface area contributed by atoms with Crippen LogP contribution in [0.25, 0.3) is 0 Å². The van der Waals surface area contributed by atoms with E-state index in [1.165, 1.54) is 0 Å². The van der Waals surface area contributed by atoms with E-state index in [4.69, 9.17) is 5.73 Å². The zero-order valence-electron chi connectivity index (χ0n) is 10.6. The molecule has 1 heterocycles. The zero-order valence-corrected chi connectivity index (χ0v) is 10.6. The summed E-state index contributed by atoms with van der Waals surface area (Å²) < 4.78 is 0. The molecule has 3 N–H and O–H groups in total. The molecule has 0 aromatic carbocycles. The first-order valence-electron chi connectivity index (χ1n) is 6.08. The lowest BCUT2D eigenvalue weighted by molar-refractivity contribution is -0.139. The molecule has 1 fully saturated rings. The van der Waals surface area contributed by atoms with E-state index >= 15 is 0 Å². The van der Waals surface area contributed by atoms with Gasteiger partial charge in [-0.05, 0) is 32.1 Å². The molecule has 1 saturated heterocycles. The van der Waals surface area contributed by atoms with Gasteiger partial charge in [0.25, 0.3) is 0 Å². The summed E-state index contributed by atoms with van der Waals surface area (Å²) in [5.41, 5.74) is 5.12. The minimum absolute atomic E-state index is 0.0197. The van der Waals surface area contributed by atoms with Crippen molar-refractivity contribution in [1.29, 1.82) is 0 Å². The average Bonchev–Trinajstić information content (AvgIpc) is 2.13. The predicted molar refractivity (Wildman–Crippen MR) is 63.9 cm³/mol. The first-order chi connectivity index (χ1) is 7.32. The third-order valence-electron chi connectivity index (χ3n) is 3.03. The summed E-state index contributed by atoms with van der Waals surface area (Å²) in [4.78, 5) is 13.7. The van der Waals surface area contributed by atoms with Gasteiger partial charge < -0.3 is 15.7 Å². The molecule has 0 bridgehead atoms. The van der Waals surface area contributed by atoms with Gasteiger partial charge in [0, 0.05) is 13.1 Å². The number of carbonyl (C=O) groups excluding carboxylic acids is 1. The first-order valence-corrected chi connectivity index (χ1v) is 6.08. The van der Waals surface area contributed by atoms with E-state index in [9.17, 15) is 9.90 Å². The second kappa shape index (κ2) is 5.15. The number of β-amino-alcohol motifs (C(OH)–C–C–N with tert-alkyl or cyclic N) is 1. The number of hydrogen-bond donors (Lipinski definition) is 2. The van der Waals surface area contributed by atoms with Crippen LogP contribution in [0.2, 0.25) is 0 Å². The number of hydrogen-bond acceptors (Lipinski definition) is 3. The van der Waals surface area contributed by atoms with E-state index in [2.05, 4.69) is 13.8 Å². The lowest BCUT2D eigenvalue weighted by atomic mass is 9.94. The van der Waals surface area contributed by atoms with Crippen LogP contribution in [-0.2, 0) is 4.79 Å². The molecule has 0 spiro atoms. The van der Waals surface area contributed by atoms with Crippen molar-refractivity contribution >= 4 is 5.91 Å². The summed E-state index contributed by atoms with van der Waals surface area (Å²) in [5.74, 6) is 0.401. The van der Waals surface area contributed by atoms with Crippen molar-refractivity contribution in [2.75, 3.05) is 13.1 Å². The van der Waals surface area contributed by atoms with Gasteiger partial charge in [-0.2, -0.15) is 0 Å². The van der Waals surface area contributed by atoms with Crippen LogP contribution in [0.1, 0.15) is 40.0 Å². The van der Waals surface area contributed by atoms with Gasteiger partial charge in [-0.15, -0.1) is 0 Å². The van der Waals surface area contributed by atoms with Gasteiger partial charge in [-0.3, -0.25) is 4.79 Å². The third-order valence-corrected chi connectivity index (χ3v) is 3.03. The smallest absolute Gasteiger partial charge is 0.239 e. The van der Waals surface area contributed by atoms with Crippen LogP contribution in [-0.4, -0.2) is 40.6 Å². The minimum atomic E-state index is -0.745. The molecule has 0 aromatic heterocycles. The van der Waals surface area contributed by atoms with Crippen molar-refractivity contribution in [2.24, 2.45) is 11.7 Å². The molecular formula is C12H24N2O2. The van der Waals surface area contributed by atoms with Crippen LogP contribution in [0.3, 0.4) is 0 Å². The van der Waals surface area contributed by atoms with Crippen molar-refractivity contribution in [1.82, 2.24) is 4.90 Å². The molecule has 0 aromatic rings. The molecule has 0 saturated carbocycles. The first kappa shape index (κ1) is 13.5. The average molecular weight is 228 g/mol. The van der Waals surface area contributed by atoms with Crippen LogP contribution in [0, 0.1) is 5.92 Å². The lowest BCUT2D eigenvalue weighted by Crippen LogP contribution is -2.53. The number of nitrogens with two attached hydrogens (primary N) is 1. The maximum absolute atomic E-state index is 12.0. The summed E-state index contributed by atoms with van der Waals surface area (Å²) in [7, 11) is 0. The zero-order chi connectivity index (χ0) is 12.3. The number of aliphatic hydroxyl groups is 1. The van der Waals surface area contributed by atoms with E-state index in [1.54, 1.807) is 11.8 Å². The summed E-state index contributed by atoms with van der Waals surface area (Å²) >= 11 is 0. The largest absolute Gasteiger partial charge is 0.388 e. The maximum Gasteiger partial charge on any atom is 0.239 e. The van der Waals surface area contributed by atoms with Gasteiger partial charge in [0.1, 0.15) is 0 Å². The molecule has 16 heavy (non-hydrogen) atoms. The monoisotopic (exact) mass is 228 g/mol. The van der Waals surface area contributed by atoms with Gasteiger partial charge in [0.15, 0.2) is 0 Å². The quantitative estimate of drug-likeness (QED) is 0.748. The number of piperidine rings is 1. The fraction of sp³-hybridized carbons (Fsp3) is 0.917. The fourth-order valence-electron chi connectivity index (χ4n) is 2.25. The van der Waals surface area contributed by atoms with Gasteiger partial charge in [-0.25, -0.2) is 0 Å². The highest BCUT2D eigenvalue weighted by atomic mass is 16.3. The topological polar surface area (TPSA) is 66.6 Å². The molecule has 1 rings (SSSR count). The van der Waals surface area contributed by atoms with Crippen LogP contribution < -0.4 is 5.73 Å². The molecule has 1 amide bonds. The molecule has 2 atom stereocenters. The highest BCUT2D eigenvalue weighted by Crippen LogP contribution is 2.21. The Balaban J connectivity index is 2.53. The van der Waals surface area contributed by atoms with Crippen molar-refractivity contribution in [3.05, 3.63) is 0 Å². The van der Waals surface area contributed by atoms with E-state index in [0.29, 0.717) is 18.9 Å². The van der Waals surface area contributed by atoms with Crippen molar-refractivity contribution < 1.29 is 9.90 Å². The Morgan fingerprint density at radius 2 is 2.19 bits per heavy atom. The fourth-order valence-corrected chi connectivity index (χ4v) is 2.25. The Hall–Kier alpha value is -0.610. The van der Waals surface area contributed by atoms with Crippen molar-refractivity contribution in [3.8, 4) is 0 Å². The molecule has 0 radical (unpaired) electrons. The van der Waals surface area contributed by atoms with Gasteiger partial charge in [0.2, 0.25) is 5.91 Å². The molecule has 4 heteroatoms. The SMILES string of the molecule is CC(C)CC(N)C(=O)N1CCCC(C)(O)C1. The van der Waals surface area contributed by atoms with Crippen LogP contribution in [0.15, 0.2) is 0 Å². The normalized spacial score (nSPS) is 28.2.